The third-order valence-corrected chi connectivity index (χ3v) is 29.4. The summed E-state index contributed by atoms with van der Waals surface area (Å²) in [5.74, 6) is 0.723. The van der Waals surface area contributed by atoms with Crippen LogP contribution in [0.3, 0.4) is 0 Å². The molecule has 0 aliphatic heterocycles. The summed E-state index contributed by atoms with van der Waals surface area (Å²) in [7, 11) is 0. The second-order valence-electron chi connectivity index (χ2n) is 18.4. The fraction of sp³-hybridized carbons (Fsp3) is 0.230. The monoisotopic (exact) mass is 1120 g/mol. The Morgan fingerprint density at radius 3 is 1.24 bits per heavy atom. The summed E-state index contributed by atoms with van der Waals surface area (Å²) in [4.78, 5) is 0. The number of unbranched alkanes of at least 4 members (excludes halogenated alkanes) is 3. The Kier molecular flexibility index (Phi) is 17.8. The van der Waals surface area contributed by atoms with Crippen molar-refractivity contribution in [2.24, 2.45) is 0 Å². The summed E-state index contributed by atoms with van der Waals surface area (Å²) in [6.07, 6.45) is 9.41. The van der Waals surface area contributed by atoms with E-state index in [2.05, 4.69) is 88.3 Å². The van der Waals surface area contributed by atoms with Crippen molar-refractivity contribution in [3.05, 3.63) is 178 Å². The molecular formula is C61H61BrN6O3Sn. The van der Waals surface area contributed by atoms with Gasteiger partial charge in [-0.3, -0.25) is 0 Å². The molecule has 72 heavy (non-hydrogen) atoms. The van der Waals surface area contributed by atoms with E-state index in [1.54, 1.807) is 36.4 Å². The number of hydrogen-bond acceptors (Lipinski definition) is 6. The molecule has 364 valence electrons. The molecule has 6 aromatic carbocycles. The van der Waals surface area contributed by atoms with Crippen molar-refractivity contribution in [1.82, 2.24) is 13.7 Å². The van der Waals surface area contributed by atoms with Crippen LogP contribution in [-0.4, -0.2) is 47.4 Å². The van der Waals surface area contributed by atoms with Gasteiger partial charge in [-0.15, -0.1) is 0 Å². The number of nitriles is 3. The van der Waals surface area contributed by atoms with Crippen LogP contribution in [0.25, 0.3) is 55.8 Å². The molecular weight excluding hydrogens is 1060 g/mol. The summed E-state index contributed by atoms with van der Waals surface area (Å²) in [6, 6.07) is 52.7. The second kappa shape index (κ2) is 24.3. The van der Waals surface area contributed by atoms with Crippen molar-refractivity contribution >= 4 is 76.8 Å². The quantitative estimate of drug-likeness (QED) is 0.0924. The second-order valence-corrected chi connectivity index (χ2v) is 32.1. The first-order valence-electron chi connectivity index (χ1n) is 24.7. The van der Waals surface area contributed by atoms with Gasteiger partial charge >= 0.3 is 192 Å². The van der Waals surface area contributed by atoms with Crippen molar-refractivity contribution in [1.29, 1.82) is 15.8 Å². The fourth-order valence-corrected chi connectivity index (χ4v) is 27.6. The number of phenolic OH excluding ortho intramolecular Hbond substituents is 3. The summed E-state index contributed by atoms with van der Waals surface area (Å²) in [5.41, 5.74) is 10.1. The minimum absolute atomic E-state index is 0.219. The van der Waals surface area contributed by atoms with E-state index in [-0.39, 0.29) is 17.2 Å². The Morgan fingerprint density at radius 2 is 0.833 bits per heavy atom. The average Bonchev–Trinajstić information content (AvgIpc) is 4.01. The van der Waals surface area contributed by atoms with E-state index in [1.807, 2.05) is 109 Å². The van der Waals surface area contributed by atoms with E-state index in [0.29, 0.717) is 11.1 Å². The molecule has 0 amide bonds. The van der Waals surface area contributed by atoms with E-state index < -0.39 is 18.4 Å². The number of hydrogen-bond donors (Lipinski definition) is 3. The molecule has 3 aromatic heterocycles. The van der Waals surface area contributed by atoms with Crippen LogP contribution in [0.15, 0.2) is 156 Å². The predicted molar refractivity (Wildman–Crippen MR) is 301 cm³/mol. The molecule has 0 spiro atoms. The molecule has 0 radical (unpaired) electrons. The van der Waals surface area contributed by atoms with E-state index in [9.17, 15) is 31.1 Å². The van der Waals surface area contributed by atoms with Crippen LogP contribution in [0.4, 0.5) is 0 Å². The number of phenols is 3. The molecule has 0 bridgehead atoms. The van der Waals surface area contributed by atoms with Gasteiger partial charge in [0.1, 0.15) is 28.2 Å². The van der Waals surface area contributed by atoms with Gasteiger partial charge in [-0.25, -0.2) is 0 Å². The summed E-state index contributed by atoms with van der Waals surface area (Å²) in [6.45, 7) is 10.9. The molecule has 9 aromatic rings. The van der Waals surface area contributed by atoms with Gasteiger partial charge in [-0.1, -0.05) is 42.0 Å². The van der Waals surface area contributed by atoms with Crippen molar-refractivity contribution < 1.29 is 15.3 Å². The standard InChI is InChI=1S/C19H16N2O.C15H9BrN2O.C15H9N2O.3C4H9.Sn/c1-13(2)11-19-17(12-20)16-5-3-4-6-18(16)21(19)14-7-9-15(22)10-8-14;16-15-13(9-17)12-3-1-2-4-14(12)18(15)10-5-7-11(19)8-6-10;16-9-11-10-17(12-5-7-13(18)8-6-12)15-4-2-1-3-14(11)15;3*1-3-4-2;/h3-11,22H,1-2H3;1-8,19H;1-8,18H;3*1,3-4H2,2H3;. The van der Waals surface area contributed by atoms with Crippen molar-refractivity contribution in [2.45, 2.75) is 86.5 Å². The van der Waals surface area contributed by atoms with Crippen molar-refractivity contribution in [2.75, 3.05) is 0 Å². The molecule has 11 heteroatoms. The number of aromatic hydroxyl groups is 3. The van der Waals surface area contributed by atoms with E-state index in [1.165, 1.54) is 55.5 Å². The fourth-order valence-electron chi connectivity index (χ4n) is 9.84. The number of rotatable bonds is 14. The van der Waals surface area contributed by atoms with Gasteiger partial charge in [0.15, 0.2) is 0 Å². The van der Waals surface area contributed by atoms with Crippen LogP contribution in [0.1, 0.15) is 95.5 Å². The minimum Gasteiger partial charge on any atom is -0.508 e. The van der Waals surface area contributed by atoms with Gasteiger partial charge in [0, 0.05) is 22.1 Å². The number of allylic oxidation sites excluding steroid dienone is 1. The zero-order valence-corrected chi connectivity index (χ0v) is 46.1. The van der Waals surface area contributed by atoms with Crippen molar-refractivity contribution in [3.63, 3.8) is 0 Å². The maximum absolute atomic E-state index is 10.4. The third-order valence-electron chi connectivity index (χ3n) is 13.2. The van der Waals surface area contributed by atoms with E-state index in [0.717, 1.165) is 71.2 Å². The van der Waals surface area contributed by atoms with Crippen LogP contribution in [0, 0.1) is 34.0 Å². The summed E-state index contributed by atoms with van der Waals surface area (Å²) in [5, 5.41) is 61.0. The first kappa shape index (κ1) is 52.6. The van der Waals surface area contributed by atoms with Gasteiger partial charge < -0.3 is 19.3 Å². The van der Waals surface area contributed by atoms with Gasteiger partial charge in [0.05, 0.1) is 27.9 Å². The molecule has 3 heterocycles. The molecule has 3 N–H and O–H groups in total. The Labute approximate surface area is 435 Å². The van der Waals surface area contributed by atoms with Gasteiger partial charge in [0.25, 0.3) is 0 Å². The molecule has 0 atom stereocenters. The number of aromatic nitrogens is 3. The Morgan fingerprint density at radius 1 is 0.486 bits per heavy atom. The zero-order valence-electron chi connectivity index (χ0n) is 41.7. The number of halogens is 1. The number of para-hydroxylation sites is 3. The molecule has 0 aliphatic carbocycles. The van der Waals surface area contributed by atoms with Gasteiger partial charge in [-0.2, -0.15) is 10.5 Å². The van der Waals surface area contributed by atoms with Crippen LogP contribution < -0.4 is 3.71 Å². The smallest absolute Gasteiger partial charge is 0.115 e. The molecule has 9 rings (SSSR count). The third kappa shape index (κ3) is 11.1. The summed E-state index contributed by atoms with van der Waals surface area (Å²) >= 11 is 0.558. The normalized spacial score (nSPS) is 11.0. The molecule has 0 saturated carbocycles. The van der Waals surface area contributed by atoms with Crippen molar-refractivity contribution in [3.8, 4) is 52.5 Å². The first-order valence-corrected chi connectivity index (χ1v) is 33.0. The Balaban J connectivity index is 0.000000164. The zero-order chi connectivity index (χ0) is 51.4. The van der Waals surface area contributed by atoms with Crippen LogP contribution >= 0.6 is 15.9 Å². The molecule has 0 fully saturated rings. The first-order chi connectivity index (χ1) is 34.9. The number of fused-ring (bicyclic) bond motifs is 3. The van der Waals surface area contributed by atoms with Gasteiger partial charge in [-0.05, 0) is 96.5 Å². The largest absolute Gasteiger partial charge is 0.508 e. The molecule has 0 aliphatic rings. The Hall–Kier alpha value is -7.17. The van der Waals surface area contributed by atoms with E-state index >= 15 is 0 Å². The SMILES string of the molecule is CC(C)=Cc1c(C#N)c2ccccc2n1-c1ccc(O)cc1.CCC[CH2][Sn]([CH2]CCC)([CH2]CCC)[c]1c(C#N)c2ccccc2n1-c1ccc(O)cc1.N#Cc1c(Br)n(-c2ccc(O)cc2)c2ccccc12. The maximum Gasteiger partial charge on any atom is 0.115 e. The average molecular weight is 1120 g/mol. The minimum atomic E-state index is -2.93. The Bertz CT molecular complexity index is 3450. The predicted octanol–water partition coefficient (Wildman–Crippen LogP) is 15.9. The number of benzene rings is 6. The molecule has 0 saturated heterocycles. The molecule has 9 nitrogen and oxygen atoms in total. The summed E-state index contributed by atoms with van der Waals surface area (Å²) < 4.78 is 12.5. The van der Waals surface area contributed by atoms with Crippen LogP contribution in [0.5, 0.6) is 17.2 Å². The topological polar surface area (TPSA) is 147 Å². The maximum atomic E-state index is 10.4. The van der Waals surface area contributed by atoms with E-state index in [4.69, 9.17) is 0 Å². The van der Waals surface area contributed by atoms with Crippen LogP contribution in [-0.2, 0) is 0 Å². The number of nitrogens with zero attached hydrogens (tertiary/aromatic N) is 6. The molecule has 0 unspecified atom stereocenters. The van der Waals surface area contributed by atoms with Gasteiger partial charge in [0.2, 0.25) is 0 Å². The van der Waals surface area contributed by atoms with Crippen LogP contribution in [0.2, 0.25) is 13.3 Å².